The molecule has 0 rings (SSSR count). The maximum atomic E-state index is 13.0. The van der Waals surface area contributed by atoms with Gasteiger partial charge in [0, 0.05) is 19.3 Å². The fourth-order valence-electron chi connectivity index (χ4n) is 11.2. The third-order valence-corrected chi connectivity index (χ3v) is 16.8. The number of esters is 3. The molecule has 0 amide bonds. The van der Waals surface area contributed by atoms with Crippen molar-refractivity contribution in [1.82, 2.24) is 0 Å². The number of carbonyl (C=O) groups is 3. The largest absolute Gasteiger partial charge is 0.462 e. The fourth-order valence-corrected chi connectivity index (χ4v) is 11.2. The first-order valence-electron chi connectivity index (χ1n) is 37.1. The summed E-state index contributed by atoms with van der Waals surface area (Å²) < 4.78 is 17.0. The highest BCUT2D eigenvalue weighted by Crippen LogP contribution is 2.19. The molecule has 6 heteroatoms. The van der Waals surface area contributed by atoms with Crippen molar-refractivity contribution in [2.75, 3.05) is 13.2 Å². The monoisotopic (exact) mass is 1160 g/mol. The average molecular weight is 1160 g/mol. The lowest BCUT2D eigenvalue weighted by Gasteiger charge is -2.18. The first-order chi connectivity index (χ1) is 41.0. The van der Waals surface area contributed by atoms with Crippen LogP contribution in [0.5, 0.6) is 0 Å². The summed E-state index contributed by atoms with van der Waals surface area (Å²) in [6.07, 6.45) is 91.6. The minimum Gasteiger partial charge on any atom is -0.462 e. The SMILES string of the molecule is CCCCCC/C=C\CCCCCCCC(=O)OCC(COC(=O)CCCCCCCCCCCCCCCCCCCCCCCCCCCCCCC)OC(=O)CCCCCCCCCC/C=C\C/C=C\C/C=C\CCCCCCC. The molecule has 0 N–H and O–H groups in total. The highest BCUT2D eigenvalue weighted by molar-refractivity contribution is 5.71. The molecule has 0 spiro atoms. The fraction of sp³-hybridized carbons (Fsp3) is 0.857. The van der Waals surface area contributed by atoms with E-state index in [1.165, 1.54) is 283 Å². The van der Waals surface area contributed by atoms with Crippen molar-refractivity contribution >= 4 is 17.9 Å². The Balaban J connectivity index is 4.21. The molecule has 0 aromatic heterocycles. The smallest absolute Gasteiger partial charge is 0.306 e. The molecule has 0 heterocycles. The minimum absolute atomic E-state index is 0.0747. The zero-order valence-corrected chi connectivity index (χ0v) is 56.0. The van der Waals surface area contributed by atoms with Crippen molar-refractivity contribution < 1.29 is 28.6 Å². The molecule has 0 bridgehead atoms. The summed E-state index contributed by atoms with van der Waals surface area (Å²) >= 11 is 0. The standard InChI is InChI=1S/C77H142O6/c1-4-7-10-13-16-19-22-25-27-29-31-33-35-36-37-38-39-40-42-43-45-47-49-52-55-58-61-64-67-70-76(79)82-73-74(72-81-75(78)69-66-63-60-57-54-51-24-21-18-15-12-9-6-3)83-77(80)71-68-65-62-59-56-53-50-48-46-44-41-34-32-30-28-26-23-20-17-14-11-8-5-2/h21,23-24,26,30,32,41,44,74H,4-20,22,25,27-29,31,33-40,42-43,45-73H2,1-3H3/b24-21-,26-23-,32-30-,44-41-. The van der Waals surface area contributed by atoms with Gasteiger partial charge < -0.3 is 14.2 Å². The molecule has 83 heavy (non-hydrogen) atoms. The molecule has 0 aliphatic heterocycles. The van der Waals surface area contributed by atoms with Crippen LogP contribution in [0.3, 0.4) is 0 Å². The summed E-state index contributed by atoms with van der Waals surface area (Å²) in [5.74, 6) is -0.865. The molecule has 0 fully saturated rings. The molecular weight excluding hydrogens is 1020 g/mol. The number of rotatable bonds is 69. The number of hydrogen-bond acceptors (Lipinski definition) is 6. The van der Waals surface area contributed by atoms with Crippen LogP contribution in [0.2, 0.25) is 0 Å². The maximum Gasteiger partial charge on any atom is 0.306 e. The molecule has 0 aromatic carbocycles. The van der Waals surface area contributed by atoms with Gasteiger partial charge in [0.25, 0.3) is 0 Å². The van der Waals surface area contributed by atoms with E-state index in [-0.39, 0.29) is 31.1 Å². The molecule has 6 nitrogen and oxygen atoms in total. The minimum atomic E-state index is -0.781. The van der Waals surface area contributed by atoms with E-state index >= 15 is 0 Å². The second kappa shape index (κ2) is 71.8. The number of carbonyl (C=O) groups excluding carboxylic acids is 3. The normalized spacial score (nSPS) is 12.3. The van der Waals surface area contributed by atoms with Gasteiger partial charge in [-0.2, -0.15) is 0 Å². The van der Waals surface area contributed by atoms with Gasteiger partial charge in [-0.3, -0.25) is 14.4 Å². The van der Waals surface area contributed by atoms with Crippen LogP contribution in [-0.4, -0.2) is 37.2 Å². The van der Waals surface area contributed by atoms with Crippen molar-refractivity contribution in [1.29, 1.82) is 0 Å². The quantitative estimate of drug-likeness (QED) is 0.0261. The summed E-state index contributed by atoms with van der Waals surface area (Å²) in [4.78, 5) is 38.5. The van der Waals surface area contributed by atoms with Crippen LogP contribution in [0.25, 0.3) is 0 Å². The van der Waals surface area contributed by atoms with Crippen molar-refractivity contribution in [2.24, 2.45) is 0 Å². The lowest BCUT2D eigenvalue weighted by molar-refractivity contribution is -0.167. The van der Waals surface area contributed by atoms with Gasteiger partial charge in [-0.15, -0.1) is 0 Å². The van der Waals surface area contributed by atoms with E-state index in [2.05, 4.69) is 69.4 Å². The summed E-state index contributed by atoms with van der Waals surface area (Å²) in [5, 5.41) is 0. The third kappa shape index (κ3) is 70.0. The molecule has 0 radical (unpaired) electrons. The Morgan fingerprint density at radius 2 is 0.434 bits per heavy atom. The van der Waals surface area contributed by atoms with Crippen molar-refractivity contribution in [3.8, 4) is 0 Å². The predicted molar refractivity (Wildman–Crippen MR) is 362 cm³/mol. The topological polar surface area (TPSA) is 78.9 Å². The van der Waals surface area contributed by atoms with Crippen LogP contribution >= 0.6 is 0 Å². The molecule has 0 saturated heterocycles. The molecule has 0 aliphatic rings. The van der Waals surface area contributed by atoms with Gasteiger partial charge >= 0.3 is 17.9 Å². The zero-order chi connectivity index (χ0) is 59.9. The molecule has 1 atom stereocenters. The van der Waals surface area contributed by atoms with Crippen LogP contribution < -0.4 is 0 Å². The first kappa shape index (κ1) is 80.4. The number of ether oxygens (including phenoxy) is 3. The van der Waals surface area contributed by atoms with Crippen LogP contribution in [-0.2, 0) is 28.6 Å². The van der Waals surface area contributed by atoms with Crippen LogP contribution in [0.1, 0.15) is 406 Å². The highest BCUT2D eigenvalue weighted by atomic mass is 16.6. The first-order valence-corrected chi connectivity index (χ1v) is 37.1. The van der Waals surface area contributed by atoms with Gasteiger partial charge in [0.15, 0.2) is 6.10 Å². The van der Waals surface area contributed by atoms with E-state index in [0.717, 1.165) is 83.5 Å². The summed E-state index contributed by atoms with van der Waals surface area (Å²) in [5.41, 5.74) is 0. The van der Waals surface area contributed by atoms with E-state index in [9.17, 15) is 14.4 Å². The Kier molecular flexibility index (Phi) is 69.6. The summed E-state index contributed by atoms with van der Waals surface area (Å²) in [6.45, 7) is 6.67. The van der Waals surface area contributed by atoms with E-state index in [4.69, 9.17) is 14.2 Å². The van der Waals surface area contributed by atoms with Gasteiger partial charge in [0.2, 0.25) is 0 Å². The lowest BCUT2D eigenvalue weighted by Crippen LogP contribution is -2.30. The molecule has 0 aromatic rings. The predicted octanol–water partition coefficient (Wildman–Crippen LogP) is 25.7. The lowest BCUT2D eigenvalue weighted by atomic mass is 10.0. The Labute approximate surface area is 518 Å². The maximum absolute atomic E-state index is 13.0. The van der Waals surface area contributed by atoms with Gasteiger partial charge in [-0.05, 0) is 83.5 Å². The summed E-state index contributed by atoms with van der Waals surface area (Å²) in [7, 11) is 0. The highest BCUT2D eigenvalue weighted by Gasteiger charge is 2.19. The molecule has 1 unspecified atom stereocenters. The van der Waals surface area contributed by atoms with Gasteiger partial charge in [-0.1, -0.05) is 352 Å². The van der Waals surface area contributed by atoms with Gasteiger partial charge in [0.05, 0.1) is 0 Å². The molecule has 0 saturated carbocycles. The van der Waals surface area contributed by atoms with Gasteiger partial charge in [-0.25, -0.2) is 0 Å². The summed E-state index contributed by atoms with van der Waals surface area (Å²) in [6, 6.07) is 0. The van der Waals surface area contributed by atoms with E-state index in [0.29, 0.717) is 19.3 Å². The molecule has 486 valence electrons. The Morgan fingerprint density at radius 3 is 0.699 bits per heavy atom. The number of hydrogen-bond donors (Lipinski definition) is 0. The zero-order valence-electron chi connectivity index (χ0n) is 56.0. The number of allylic oxidation sites excluding steroid dienone is 8. The van der Waals surface area contributed by atoms with Crippen molar-refractivity contribution in [2.45, 2.75) is 412 Å². The second-order valence-corrected chi connectivity index (χ2v) is 25.2. The third-order valence-electron chi connectivity index (χ3n) is 16.8. The molecule has 0 aliphatic carbocycles. The van der Waals surface area contributed by atoms with Crippen LogP contribution in [0, 0.1) is 0 Å². The van der Waals surface area contributed by atoms with E-state index < -0.39 is 6.10 Å². The van der Waals surface area contributed by atoms with Crippen LogP contribution in [0.4, 0.5) is 0 Å². The molecular formula is C77H142O6. The van der Waals surface area contributed by atoms with Crippen LogP contribution in [0.15, 0.2) is 48.6 Å². The van der Waals surface area contributed by atoms with Crippen molar-refractivity contribution in [3.63, 3.8) is 0 Å². The van der Waals surface area contributed by atoms with Gasteiger partial charge in [0.1, 0.15) is 13.2 Å². The Hall–Kier alpha value is -2.63. The van der Waals surface area contributed by atoms with E-state index in [1.54, 1.807) is 0 Å². The Morgan fingerprint density at radius 1 is 0.241 bits per heavy atom. The second-order valence-electron chi connectivity index (χ2n) is 25.2. The average Bonchev–Trinajstić information content (AvgIpc) is 3.49. The van der Waals surface area contributed by atoms with Crippen molar-refractivity contribution in [3.05, 3.63) is 48.6 Å². The van der Waals surface area contributed by atoms with E-state index in [1.807, 2.05) is 0 Å². The Bertz CT molecular complexity index is 1430. The number of unbranched alkanes of at least 4 members (excludes halogenated alkanes) is 50.